The number of ether oxygens (including phenoxy) is 1. The first-order valence-electron chi connectivity index (χ1n) is 7.98. The number of carboxylic acid groups (broad SMARTS) is 1. The van der Waals surface area contributed by atoms with Gasteiger partial charge in [0.05, 0.1) is 6.54 Å². The van der Waals surface area contributed by atoms with Gasteiger partial charge in [0.1, 0.15) is 0 Å². The molecule has 1 fully saturated rings. The van der Waals surface area contributed by atoms with Crippen LogP contribution in [0.4, 0.5) is 4.79 Å². The first-order chi connectivity index (χ1) is 11.5. The molecule has 0 aliphatic carbocycles. The molecule has 0 aromatic rings. The maximum absolute atomic E-state index is 12.0. The first kappa shape index (κ1) is 22.1. The topological polar surface area (TPSA) is 102 Å². The third kappa shape index (κ3) is 10.0. The number of amides is 3. The van der Waals surface area contributed by atoms with Gasteiger partial charge < -0.3 is 25.0 Å². The molecule has 2 N–H and O–H groups in total. The van der Waals surface area contributed by atoms with Crippen molar-refractivity contribution in [3.8, 4) is 0 Å². The van der Waals surface area contributed by atoms with Crippen LogP contribution in [0.5, 0.6) is 0 Å². The normalized spacial score (nSPS) is 14.4. The second kappa shape index (κ2) is 13.6. The molecule has 0 aromatic carbocycles. The first-order valence-corrected chi connectivity index (χ1v) is 7.98. The number of carbonyl (C=O) groups excluding carboxylic acids is 2. The highest BCUT2D eigenvalue weighted by atomic mass is 16.5. The zero-order valence-electron chi connectivity index (χ0n) is 14.9. The maximum atomic E-state index is 12.0. The predicted octanol–water partition coefficient (Wildman–Crippen LogP) is -0.471. The molecule has 0 bridgehead atoms. The Kier molecular flexibility index (Phi) is 12.5. The molecule has 0 saturated carbocycles. The number of urea groups is 1. The zero-order chi connectivity index (χ0) is 18.4. The molecule has 3 amide bonds. The second-order valence-corrected chi connectivity index (χ2v) is 5.58. The van der Waals surface area contributed by atoms with Crippen molar-refractivity contribution in [1.29, 1.82) is 0 Å². The molecular weight excluding hydrogens is 316 g/mol. The number of hydrogen-bond donors (Lipinski definition) is 2. The molecule has 0 atom stereocenters. The molecule has 0 unspecified atom stereocenters. The van der Waals surface area contributed by atoms with Crippen LogP contribution in [0, 0.1) is 0 Å². The fourth-order valence-electron chi connectivity index (χ4n) is 2.22. The molecule has 1 heterocycles. The van der Waals surface area contributed by atoms with Gasteiger partial charge in [-0.25, -0.2) is 4.79 Å². The van der Waals surface area contributed by atoms with Crippen LogP contribution >= 0.6 is 0 Å². The summed E-state index contributed by atoms with van der Waals surface area (Å²) in [4.78, 5) is 37.3. The number of methoxy groups -OCH3 is 1. The highest BCUT2D eigenvalue weighted by molar-refractivity contribution is 5.83. The van der Waals surface area contributed by atoms with Crippen LogP contribution in [0.1, 0.15) is 12.8 Å². The molecule has 1 aliphatic heterocycles. The number of carbonyl (C=O) groups is 3. The van der Waals surface area contributed by atoms with E-state index in [2.05, 4.69) is 10.2 Å². The average molecular weight is 346 g/mol. The summed E-state index contributed by atoms with van der Waals surface area (Å²) in [7, 11) is 5.03. The van der Waals surface area contributed by atoms with Crippen molar-refractivity contribution in [2.45, 2.75) is 12.8 Å². The molecule has 1 rings (SSSR count). The van der Waals surface area contributed by atoms with Gasteiger partial charge >= 0.3 is 6.03 Å². The third-order valence-corrected chi connectivity index (χ3v) is 3.59. The number of hydrogen-bond acceptors (Lipinski definition) is 5. The Morgan fingerprint density at radius 2 is 1.79 bits per heavy atom. The van der Waals surface area contributed by atoms with Crippen LogP contribution in [0.15, 0.2) is 0 Å². The summed E-state index contributed by atoms with van der Waals surface area (Å²) in [6, 6.07) is -0.236. The summed E-state index contributed by atoms with van der Waals surface area (Å²) in [6.07, 6.45) is 2.20. The lowest BCUT2D eigenvalue weighted by Crippen LogP contribution is -2.51. The quantitative estimate of drug-likeness (QED) is 0.477. The molecule has 1 aliphatic rings. The third-order valence-electron chi connectivity index (χ3n) is 3.59. The summed E-state index contributed by atoms with van der Waals surface area (Å²) in [5.41, 5.74) is 0. The van der Waals surface area contributed by atoms with Gasteiger partial charge in [0.2, 0.25) is 5.91 Å². The van der Waals surface area contributed by atoms with Gasteiger partial charge in [-0.2, -0.15) is 0 Å². The van der Waals surface area contributed by atoms with Gasteiger partial charge in [-0.1, -0.05) is 0 Å². The van der Waals surface area contributed by atoms with Crippen molar-refractivity contribution >= 4 is 18.4 Å². The monoisotopic (exact) mass is 346 g/mol. The van der Waals surface area contributed by atoms with Crippen molar-refractivity contribution in [2.24, 2.45) is 0 Å². The van der Waals surface area contributed by atoms with E-state index in [0.29, 0.717) is 0 Å². The number of nitrogens with one attached hydrogen (secondary N) is 1. The fourth-order valence-corrected chi connectivity index (χ4v) is 2.22. The number of rotatable bonds is 7. The minimum absolute atomic E-state index is 0.00997. The molecule has 1 saturated heterocycles. The SMILES string of the molecule is COCCCCN1CCN(C(=O)CNC(=O)N(C)C)CC1.O=CO. The van der Waals surface area contributed by atoms with E-state index in [0.717, 1.165) is 52.2 Å². The maximum Gasteiger partial charge on any atom is 0.317 e. The van der Waals surface area contributed by atoms with Crippen LogP contribution in [0.25, 0.3) is 0 Å². The van der Waals surface area contributed by atoms with Crippen molar-refractivity contribution in [3.63, 3.8) is 0 Å². The highest BCUT2D eigenvalue weighted by Crippen LogP contribution is 2.04. The Morgan fingerprint density at radius 3 is 2.29 bits per heavy atom. The molecule has 0 radical (unpaired) electrons. The summed E-state index contributed by atoms with van der Waals surface area (Å²) in [5.74, 6) is -0.00997. The Hall–Kier alpha value is -1.87. The van der Waals surface area contributed by atoms with Crippen molar-refractivity contribution in [1.82, 2.24) is 20.0 Å². The molecule has 0 aromatic heterocycles. The second-order valence-electron chi connectivity index (χ2n) is 5.58. The summed E-state index contributed by atoms with van der Waals surface area (Å²) >= 11 is 0. The van der Waals surface area contributed by atoms with Crippen LogP contribution in [0.2, 0.25) is 0 Å². The van der Waals surface area contributed by atoms with Gasteiger partial charge in [0.15, 0.2) is 0 Å². The Balaban J connectivity index is 0.00000163. The van der Waals surface area contributed by atoms with Gasteiger partial charge in [0.25, 0.3) is 6.47 Å². The molecule has 24 heavy (non-hydrogen) atoms. The Morgan fingerprint density at radius 1 is 1.21 bits per heavy atom. The number of unbranched alkanes of at least 4 members (excludes halogenated alkanes) is 1. The van der Waals surface area contributed by atoms with Crippen LogP contribution in [0.3, 0.4) is 0 Å². The number of nitrogens with zero attached hydrogens (tertiary/aromatic N) is 3. The largest absolute Gasteiger partial charge is 0.483 e. The van der Waals surface area contributed by atoms with E-state index in [-0.39, 0.29) is 25.0 Å². The van der Waals surface area contributed by atoms with Crippen molar-refractivity contribution in [2.75, 3.05) is 67.1 Å². The predicted molar refractivity (Wildman–Crippen MR) is 89.9 cm³/mol. The highest BCUT2D eigenvalue weighted by Gasteiger charge is 2.21. The van der Waals surface area contributed by atoms with E-state index in [4.69, 9.17) is 14.6 Å². The molecule has 9 heteroatoms. The molecule has 9 nitrogen and oxygen atoms in total. The van der Waals surface area contributed by atoms with Crippen LogP contribution in [-0.4, -0.2) is 105 Å². The van der Waals surface area contributed by atoms with E-state index in [9.17, 15) is 9.59 Å². The Bertz CT molecular complexity index is 371. The lowest BCUT2D eigenvalue weighted by molar-refractivity contribution is -0.131. The molecule has 140 valence electrons. The summed E-state index contributed by atoms with van der Waals surface area (Å²) < 4.78 is 5.03. The smallest absolute Gasteiger partial charge is 0.317 e. The van der Waals surface area contributed by atoms with E-state index in [1.54, 1.807) is 21.2 Å². The lowest BCUT2D eigenvalue weighted by atomic mass is 10.2. The molecule has 0 spiro atoms. The van der Waals surface area contributed by atoms with E-state index >= 15 is 0 Å². The van der Waals surface area contributed by atoms with E-state index in [1.165, 1.54) is 4.90 Å². The zero-order valence-corrected chi connectivity index (χ0v) is 14.9. The summed E-state index contributed by atoms with van der Waals surface area (Å²) in [6.45, 7) is 4.97. The van der Waals surface area contributed by atoms with E-state index < -0.39 is 0 Å². The minimum atomic E-state index is -0.250. The van der Waals surface area contributed by atoms with Crippen molar-refractivity contribution < 1.29 is 24.2 Å². The van der Waals surface area contributed by atoms with Gasteiger partial charge in [-0.05, 0) is 19.4 Å². The molecular formula is C15H30N4O5. The summed E-state index contributed by atoms with van der Waals surface area (Å²) in [5, 5.41) is 9.50. The van der Waals surface area contributed by atoms with E-state index in [1.807, 2.05) is 4.90 Å². The van der Waals surface area contributed by atoms with Crippen LogP contribution < -0.4 is 5.32 Å². The Labute approximate surface area is 143 Å². The minimum Gasteiger partial charge on any atom is -0.483 e. The van der Waals surface area contributed by atoms with Crippen LogP contribution in [-0.2, 0) is 14.3 Å². The average Bonchev–Trinajstić information content (AvgIpc) is 2.57. The van der Waals surface area contributed by atoms with Gasteiger partial charge in [-0.3, -0.25) is 14.5 Å². The standard InChI is InChI=1S/C14H28N4O3.CH2O2/c1-16(2)14(20)15-12-13(19)18-9-7-17(8-10-18)6-4-5-11-21-3;2-1-3/h4-12H2,1-3H3,(H,15,20);1H,(H,2,3). The fraction of sp³-hybridized carbons (Fsp3) is 0.800. The van der Waals surface area contributed by atoms with Crippen molar-refractivity contribution in [3.05, 3.63) is 0 Å². The number of piperazine rings is 1. The lowest BCUT2D eigenvalue weighted by Gasteiger charge is -2.34. The van der Waals surface area contributed by atoms with Gasteiger partial charge in [-0.15, -0.1) is 0 Å². The van der Waals surface area contributed by atoms with Gasteiger partial charge in [0, 0.05) is 54.0 Å².